The van der Waals surface area contributed by atoms with E-state index in [1.165, 1.54) is 0 Å². The maximum absolute atomic E-state index is 7.81. The lowest BCUT2D eigenvalue weighted by Crippen LogP contribution is -1.98. The van der Waals surface area contributed by atoms with Crippen molar-refractivity contribution in [2.45, 2.75) is 6.42 Å². The van der Waals surface area contributed by atoms with Gasteiger partial charge in [0, 0.05) is 0 Å². The minimum atomic E-state index is 0. The summed E-state index contributed by atoms with van der Waals surface area (Å²) in [6.07, 6.45) is 0.372. The molecule has 0 saturated carbocycles. The van der Waals surface area contributed by atoms with Crippen LogP contribution in [0.2, 0.25) is 0 Å². The average molecular weight is 123 g/mol. The van der Waals surface area contributed by atoms with Gasteiger partial charge in [0.1, 0.15) is 0 Å². The number of hydrogen-bond donors (Lipinski definition) is 1. The molecule has 0 amide bonds. The largest absolute Gasteiger partial charge is 0.304 e. The molecule has 0 aromatic heterocycles. The number of nitrogens with two attached hydrogens (primary N) is 1. The Hall–Kier alpha value is -0.300. The van der Waals surface area contributed by atoms with Gasteiger partial charge in [0.05, 0.1) is 19.1 Å². The van der Waals surface area contributed by atoms with Crippen LogP contribution in [0.25, 0.3) is 0 Å². The zero-order valence-corrected chi connectivity index (χ0v) is 4.57. The van der Waals surface area contributed by atoms with E-state index >= 15 is 0 Å². The maximum Gasteiger partial charge on any atom is 0.0809 e. The van der Waals surface area contributed by atoms with Crippen molar-refractivity contribution in [2.24, 2.45) is 5.90 Å². The third-order valence-corrected chi connectivity index (χ3v) is 0.332. The smallest absolute Gasteiger partial charge is 0.0809 e. The van der Waals surface area contributed by atoms with Crippen molar-refractivity contribution in [2.75, 3.05) is 6.61 Å². The first-order valence-electron chi connectivity index (χ1n) is 1.60. The molecule has 7 heavy (non-hydrogen) atoms. The highest BCUT2D eigenvalue weighted by molar-refractivity contribution is 5.85. The van der Waals surface area contributed by atoms with Crippen molar-refractivity contribution in [3.8, 4) is 6.07 Å². The molecule has 0 rings (SSSR count). The lowest BCUT2D eigenvalue weighted by atomic mass is 10.5. The van der Waals surface area contributed by atoms with Gasteiger partial charge in [-0.25, -0.2) is 5.90 Å². The van der Waals surface area contributed by atoms with Crippen LogP contribution in [0.5, 0.6) is 0 Å². The summed E-state index contributed by atoms with van der Waals surface area (Å²) in [5, 5.41) is 7.81. The molecule has 2 N–H and O–H groups in total. The highest BCUT2D eigenvalue weighted by Crippen LogP contribution is 1.68. The molecule has 0 aliphatic carbocycles. The van der Waals surface area contributed by atoms with E-state index in [1.54, 1.807) is 0 Å². The van der Waals surface area contributed by atoms with E-state index in [0.29, 0.717) is 13.0 Å². The Balaban J connectivity index is 0. The first-order valence-corrected chi connectivity index (χ1v) is 1.60. The zero-order chi connectivity index (χ0) is 4.83. The zero-order valence-electron chi connectivity index (χ0n) is 3.76. The summed E-state index contributed by atoms with van der Waals surface area (Å²) in [6, 6.07) is 1.86. The molecule has 0 heterocycles. The van der Waals surface area contributed by atoms with Crippen LogP contribution in [0.1, 0.15) is 6.42 Å². The topological polar surface area (TPSA) is 59.0 Å². The highest BCUT2D eigenvalue weighted by Gasteiger charge is 1.74. The molecule has 0 unspecified atom stereocenters. The minimum Gasteiger partial charge on any atom is -0.304 e. The molecular weight excluding hydrogens is 115 g/mol. The first-order chi connectivity index (χ1) is 2.91. The molecular formula is C3H7ClN2O. The molecule has 42 valence electrons. The van der Waals surface area contributed by atoms with Crippen molar-refractivity contribution in [1.82, 2.24) is 0 Å². The van der Waals surface area contributed by atoms with Gasteiger partial charge in [-0.3, -0.25) is 0 Å². The summed E-state index contributed by atoms with van der Waals surface area (Å²) in [5.41, 5.74) is 0. The number of halogens is 1. The molecule has 0 aromatic carbocycles. The second kappa shape index (κ2) is 9.20. The SMILES string of the molecule is Cl.N#CCCON. The summed E-state index contributed by atoms with van der Waals surface area (Å²) < 4.78 is 0. The fourth-order valence-corrected chi connectivity index (χ4v) is 0.105. The van der Waals surface area contributed by atoms with Gasteiger partial charge in [-0.05, 0) is 0 Å². The van der Waals surface area contributed by atoms with E-state index in [-0.39, 0.29) is 12.4 Å². The van der Waals surface area contributed by atoms with Gasteiger partial charge in [-0.1, -0.05) is 0 Å². The molecule has 0 bridgehead atoms. The van der Waals surface area contributed by atoms with Gasteiger partial charge < -0.3 is 4.84 Å². The van der Waals surface area contributed by atoms with Crippen molar-refractivity contribution >= 4 is 12.4 Å². The fraction of sp³-hybridized carbons (Fsp3) is 0.667. The monoisotopic (exact) mass is 122 g/mol. The van der Waals surface area contributed by atoms with Crippen LogP contribution in [-0.4, -0.2) is 6.61 Å². The predicted molar refractivity (Wildman–Crippen MR) is 27.6 cm³/mol. The van der Waals surface area contributed by atoms with E-state index in [9.17, 15) is 0 Å². The summed E-state index contributed by atoms with van der Waals surface area (Å²) >= 11 is 0. The Morgan fingerprint density at radius 1 is 1.71 bits per heavy atom. The normalized spacial score (nSPS) is 6.29. The third-order valence-electron chi connectivity index (χ3n) is 0.332. The van der Waals surface area contributed by atoms with Crippen molar-refractivity contribution in [1.29, 1.82) is 5.26 Å². The van der Waals surface area contributed by atoms with Crippen molar-refractivity contribution in [3.63, 3.8) is 0 Å². The lowest BCUT2D eigenvalue weighted by molar-refractivity contribution is 0.144. The Bertz CT molecular complexity index is 60.4. The fourth-order valence-electron chi connectivity index (χ4n) is 0.105. The van der Waals surface area contributed by atoms with Gasteiger partial charge in [-0.15, -0.1) is 12.4 Å². The number of nitriles is 1. The minimum absolute atomic E-state index is 0. The van der Waals surface area contributed by atoms with E-state index < -0.39 is 0 Å². The molecule has 3 nitrogen and oxygen atoms in total. The predicted octanol–water partition coefficient (Wildman–Crippen LogP) is 0.212. The van der Waals surface area contributed by atoms with Gasteiger partial charge in [0.15, 0.2) is 0 Å². The first kappa shape index (κ1) is 9.85. The number of rotatable bonds is 2. The van der Waals surface area contributed by atoms with E-state index in [0.717, 1.165) is 0 Å². The molecule has 0 fully saturated rings. The van der Waals surface area contributed by atoms with Crippen LogP contribution in [0, 0.1) is 11.3 Å². The van der Waals surface area contributed by atoms with Crippen LogP contribution >= 0.6 is 12.4 Å². The van der Waals surface area contributed by atoms with Gasteiger partial charge >= 0.3 is 0 Å². The number of hydrogen-bond acceptors (Lipinski definition) is 3. The van der Waals surface area contributed by atoms with Gasteiger partial charge in [0.2, 0.25) is 0 Å². The Kier molecular flexibility index (Phi) is 12.9. The van der Waals surface area contributed by atoms with E-state index in [4.69, 9.17) is 5.26 Å². The standard InChI is InChI=1S/C3H6N2O.ClH/c4-2-1-3-6-5;/h1,3,5H2;1H. The summed E-state index contributed by atoms with van der Waals surface area (Å²) in [6.45, 7) is 0.330. The van der Waals surface area contributed by atoms with Crippen molar-refractivity contribution < 1.29 is 4.84 Å². The van der Waals surface area contributed by atoms with Crippen molar-refractivity contribution in [3.05, 3.63) is 0 Å². The van der Waals surface area contributed by atoms with Crippen LogP contribution < -0.4 is 5.90 Å². The molecule has 0 spiro atoms. The summed E-state index contributed by atoms with van der Waals surface area (Å²) in [5.74, 6) is 4.56. The Morgan fingerprint density at radius 2 is 2.29 bits per heavy atom. The van der Waals surface area contributed by atoms with Crippen LogP contribution in [0.15, 0.2) is 0 Å². The van der Waals surface area contributed by atoms with E-state index in [1.807, 2.05) is 6.07 Å². The van der Waals surface area contributed by atoms with Crippen LogP contribution in [-0.2, 0) is 4.84 Å². The number of nitrogens with zero attached hydrogens (tertiary/aromatic N) is 1. The lowest BCUT2D eigenvalue weighted by Gasteiger charge is -1.82. The molecule has 0 radical (unpaired) electrons. The average Bonchev–Trinajstić information content (AvgIpc) is 1.61. The Morgan fingerprint density at radius 3 is 2.43 bits per heavy atom. The van der Waals surface area contributed by atoms with E-state index in [2.05, 4.69) is 10.7 Å². The van der Waals surface area contributed by atoms with Crippen LogP contribution in [0.3, 0.4) is 0 Å². The maximum atomic E-state index is 7.81. The molecule has 0 aliphatic rings. The molecule has 0 atom stereocenters. The Labute approximate surface area is 48.4 Å². The van der Waals surface area contributed by atoms with Crippen LogP contribution in [0.4, 0.5) is 0 Å². The molecule has 0 saturated heterocycles. The quantitative estimate of drug-likeness (QED) is 0.421. The second-order valence-electron chi connectivity index (χ2n) is 0.779. The van der Waals surface area contributed by atoms with Gasteiger partial charge in [0.25, 0.3) is 0 Å². The summed E-state index contributed by atoms with van der Waals surface area (Å²) in [7, 11) is 0. The highest BCUT2D eigenvalue weighted by atomic mass is 35.5. The van der Waals surface area contributed by atoms with Gasteiger partial charge in [-0.2, -0.15) is 5.26 Å². The summed E-state index contributed by atoms with van der Waals surface area (Å²) in [4.78, 5) is 4.06. The molecule has 0 aliphatic heterocycles. The molecule has 0 aromatic rings. The second-order valence-corrected chi connectivity index (χ2v) is 0.779. The third kappa shape index (κ3) is 10.7. The molecule has 4 heteroatoms.